The molecule has 2 heteroatoms. The molecular weight excluding hydrogens is 416 g/mol. The summed E-state index contributed by atoms with van der Waals surface area (Å²) < 4.78 is 6.39. The summed E-state index contributed by atoms with van der Waals surface area (Å²) in [6.45, 7) is 2.21. The summed E-state index contributed by atoms with van der Waals surface area (Å²) in [6, 6.07) is 42.3. The lowest BCUT2D eigenvalue weighted by Gasteiger charge is -2.32. The van der Waals surface area contributed by atoms with Crippen molar-refractivity contribution in [2.75, 3.05) is 0 Å². The molecule has 0 saturated carbocycles. The van der Waals surface area contributed by atoms with Gasteiger partial charge in [-0.2, -0.15) is 0 Å². The van der Waals surface area contributed by atoms with Crippen LogP contribution in [0.5, 0.6) is 0 Å². The van der Waals surface area contributed by atoms with E-state index in [1.807, 2.05) is 0 Å². The number of aryl methyl sites for hydroxylation is 1. The van der Waals surface area contributed by atoms with Gasteiger partial charge >= 0.3 is 0 Å². The molecule has 6 aromatic rings. The van der Waals surface area contributed by atoms with Crippen LogP contribution in [0.15, 0.2) is 120 Å². The molecule has 7 rings (SSSR count). The molecule has 0 amide bonds. The molecule has 1 aliphatic heterocycles. The maximum absolute atomic E-state index is 6.39. The second-order valence-electron chi connectivity index (χ2n) is 8.99. The predicted molar refractivity (Wildman–Crippen MR) is 141 cm³/mol. The van der Waals surface area contributed by atoms with Crippen LogP contribution in [-0.4, -0.2) is 8.07 Å². The first-order valence-electron chi connectivity index (χ1n) is 11.5. The topological polar surface area (TPSA) is 13.1 Å². The van der Waals surface area contributed by atoms with E-state index in [4.69, 9.17) is 4.42 Å². The van der Waals surface area contributed by atoms with Gasteiger partial charge in [-0.05, 0) is 50.9 Å². The molecule has 0 aliphatic carbocycles. The van der Waals surface area contributed by atoms with Crippen LogP contribution in [0.25, 0.3) is 33.1 Å². The molecule has 0 spiro atoms. The zero-order chi connectivity index (χ0) is 22.0. The van der Waals surface area contributed by atoms with Crippen LogP contribution in [0.4, 0.5) is 0 Å². The molecule has 2 heterocycles. The van der Waals surface area contributed by atoms with Crippen molar-refractivity contribution in [1.29, 1.82) is 0 Å². The van der Waals surface area contributed by atoms with Crippen LogP contribution < -0.4 is 20.7 Å². The number of hydrogen-bond donors (Lipinski definition) is 0. The summed E-state index contributed by atoms with van der Waals surface area (Å²) in [7, 11) is -2.56. The lowest BCUT2D eigenvalue weighted by atomic mass is 10.0. The van der Waals surface area contributed by atoms with Crippen LogP contribution in [0, 0.1) is 6.92 Å². The Kier molecular flexibility index (Phi) is 3.85. The molecule has 0 bridgehead atoms. The van der Waals surface area contributed by atoms with Crippen LogP contribution >= 0.6 is 0 Å². The fourth-order valence-corrected chi connectivity index (χ4v) is 11.4. The summed E-state index contributed by atoms with van der Waals surface area (Å²) in [5.41, 5.74) is 5.95. The van der Waals surface area contributed by atoms with Gasteiger partial charge in [0, 0.05) is 10.8 Å². The number of fused-ring (bicyclic) bond motifs is 7. The Morgan fingerprint density at radius 2 is 1.21 bits per heavy atom. The predicted octanol–water partition coefficient (Wildman–Crippen LogP) is 5.25. The molecule has 1 nitrogen and oxygen atoms in total. The zero-order valence-corrected chi connectivity index (χ0v) is 19.4. The largest absolute Gasteiger partial charge is 0.456 e. The Balaban J connectivity index is 1.77. The van der Waals surface area contributed by atoms with E-state index in [1.165, 1.54) is 48.2 Å². The molecule has 0 unspecified atom stereocenters. The van der Waals surface area contributed by atoms with E-state index in [9.17, 15) is 0 Å². The SMILES string of the molecule is Cc1ccc2c(c1)[Si](c1ccccc1)(c1ccccc1)c1c-2ccc2oc3ccccc3c12. The first-order chi connectivity index (χ1) is 16.3. The maximum Gasteiger partial charge on any atom is 0.181 e. The van der Waals surface area contributed by atoms with Gasteiger partial charge in [0.15, 0.2) is 8.07 Å². The van der Waals surface area contributed by atoms with Crippen molar-refractivity contribution in [3.63, 3.8) is 0 Å². The smallest absolute Gasteiger partial charge is 0.181 e. The molecule has 0 saturated heterocycles. The summed E-state index contributed by atoms with van der Waals surface area (Å²) in [5.74, 6) is 0. The Morgan fingerprint density at radius 1 is 0.576 bits per heavy atom. The zero-order valence-electron chi connectivity index (χ0n) is 18.4. The van der Waals surface area contributed by atoms with Crippen molar-refractivity contribution in [1.82, 2.24) is 0 Å². The van der Waals surface area contributed by atoms with Crippen molar-refractivity contribution in [2.24, 2.45) is 0 Å². The third-order valence-electron chi connectivity index (χ3n) is 7.20. The standard InChI is InChI=1S/C31H22OSi/c1-21-16-17-24-25-18-19-28-30(26-14-8-9-15-27(26)32-28)31(25)33(29(24)20-21,22-10-4-2-5-11-22)23-12-6-3-7-13-23/h2-20H,1H3. The van der Waals surface area contributed by atoms with Gasteiger partial charge < -0.3 is 4.42 Å². The van der Waals surface area contributed by atoms with Gasteiger partial charge in [-0.1, -0.05) is 109 Å². The fraction of sp³-hybridized carbons (Fsp3) is 0.0323. The van der Waals surface area contributed by atoms with E-state index >= 15 is 0 Å². The molecule has 0 N–H and O–H groups in total. The van der Waals surface area contributed by atoms with E-state index in [0.717, 1.165) is 11.2 Å². The number of benzene rings is 5. The maximum atomic E-state index is 6.39. The van der Waals surface area contributed by atoms with Crippen LogP contribution in [0.3, 0.4) is 0 Å². The second-order valence-corrected chi connectivity index (χ2v) is 12.7. The molecule has 1 aliphatic rings. The Hall–Kier alpha value is -3.88. The Morgan fingerprint density at radius 3 is 1.94 bits per heavy atom. The van der Waals surface area contributed by atoms with Crippen LogP contribution in [0.1, 0.15) is 5.56 Å². The van der Waals surface area contributed by atoms with E-state index in [2.05, 4.69) is 122 Å². The van der Waals surface area contributed by atoms with Gasteiger partial charge in [0.1, 0.15) is 11.2 Å². The quantitative estimate of drug-likeness (QED) is 0.336. The van der Waals surface area contributed by atoms with Gasteiger partial charge in [0.2, 0.25) is 0 Å². The number of furan rings is 1. The van der Waals surface area contributed by atoms with Gasteiger partial charge in [-0.15, -0.1) is 0 Å². The number of rotatable bonds is 2. The molecular formula is C31H22OSi. The highest BCUT2D eigenvalue weighted by Crippen LogP contribution is 2.36. The average molecular weight is 439 g/mol. The van der Waals surface area contributed by atoms with E-state index in [-0.39, 0.29) is 0 Å². The molecule has 156 valence electrons. The Bertz CT molecular complexity index is 1620. The third kappa shape index (κ3) is 2.41. The van der Waals surface area contributed by atoms with Crippen molar-refractivity contribution in [3.8, 4) is 11.1 Å². The van der Waals surface area contributed by atoms with Gasteiger partial charge in [0.25, 0.3) is 0 Å². The summed E-state index contributed by atoms with van der Waals surface area (Å²) >= 11 is 0. The Labute approximate surface area is 194 Å². The lowest BCUT2D eigenvalue weighted by Crippen LogP contribution is -2.73. The van der Waals surface area contributed by atoms with Gasteiger partial charge in [0.05, 0.1) is 0 Å². The molecule has 0 atom stereocenters. The third-order valence-corrected chi connectivity index (χ3v) is 12.1. The van der Waals surface area contributed by atoms with Crippen molar-refractivity contribution in [2.45, 2.75) is 6.92 Å². The van der Waals surface area contributed by atoms with E-state index < -0.39 is 8.07 Å². The van der Waals surface area contributed by atoms with Crippen LogP contribution in [0.2, 0.25) is 0 Å². The fourth-order valence-electron chi connectivity index (χ4n) is 5.91. The van der Waals surface area contributed by atoms with Gasteiger partial charge in [-0.3, -0.25) is 0 Å². The monoisotopic (exact) mass is 438 g/mol. The highest BCUT2D eigenvalue weighted by atomic mass is 28.3. The highest BCUT2D eigenvalue weighted by molar-refractivity contribution is 7.23. The summed E-state index contributed by atoms with van der Waals surface area (Å²) in [4.78, 5) is 0. The van der Waals surface area contributed by atoms with Crippen molar-refractivity contribution >= 4 is 50.8 Å². The minimum atomic E-state index is -2.56. The highest BCUT2D eigenvalue weighted by Gasteiger charge is 2.50. The minimum absolute atomic E-state index is 0.956. The van der Waals surface area contributed by atoms with E-state index in [0.29, 0.717) is 0 Å². The lowest BCUT2D eigenvalue weighted by molar-refractivity contribution is 0.669. The van der Waals surface area contributed by atoms with Gasteiger partial charge in [-0.25, -0.2) is 0 Å². The normalized spacial score (nSPS) is 13.8. The second kappa shape index (κ2) is 6.81. The van der Waals surface area contributed by atoms with Crippen molar-refractivity contribution < 1.29 is 4.42 Å². The molecule has 5 aromatic carbocycles. The average Bonchev–Trinajstić information content (AvgIpc) is 3.38. The van der Waals surface area contributed by atoms with Crippen molar-refractivity contribution in [3.05, 3.63) is 121 Å². The summed E-state index contributed by atoms with van der Waals surface area (Å²) in [6.07, 6.45) is 0. The molecule has 0 radical (unpaired) electrons. The minimum Gasteiger partial charge on any atom is -0.456 e. The van der Waals surface area contributed by atoms with E-state index in [1.54, 1.807) is 0 Å². The number of para-hydroxylation sites is 1. The number of hydrogen-bond acceptors (Lipinski definition) is 1. The first-order valence-corrected chi connectivity index (χ1v) is 13.5. The molecule has 33 heavy (non-hydrogen) atoms. The first kappa shape index (κ1) is 18.7. The molecule has 0 fully saturated rings. The van der Waals surface area contributed by atoms with Crippen LogP contribution in [-0.2, 0) is 0 Å². The summed E-state index contributed by atoms with van der Waals surface area (Å²) in [5, 5.41) is 8.25. The molecule has 1 aromatic heterocycles.